The minimum Gasteiger partial charge on any atom is -0.339 e. The monoisotopic (exact) mass is 413 g/mol. The predicted molar refractivity (Wildman–Crippen MR) is 106 cm³/mol. The lowest BCUT2D eigenvalue weighted by Crippen LogP contribution is -2.53. The first kappa shape index (κ1) is 20.6. The fraction of sp³-hybridized carbons (Fsp3) is 0.632. The zero-order chi connectivity index (χ0) is 19.6. The van der Waals surface area contributed by atoms with Crippen molar-refractivity contribution in [3.63, 3.8) is 0 Å². The molecule has 0 spiro atoms. The third-order valence-electron chi connectivity index (χ3n) is 5.35. The maximum absolute atomic E-state index is 12.7. The maximum atomic E-state index is 12.7. The SMILES string of the molecule is C[C@@H]1C[C@@H](C)CN(CC(=O)N2CCN(S(=O)(=O)c3ccc(Cl)cc3)CC2)C1. The molecule has 2 aliphatic rings. The lowest BCUT2D eigenvalue weighted by atomic mass is 9.92. The number of nitrogens with zero attached hydrogens (tertiary/aromatic N) is 3. The lowest BCUT2D eigenvalue weighted by molar-refractivity contribution is -0.134. The number of sulfonamides is 1. The van der Waals surface area contributed by atoms with Crippen molar-refractivity contribution in [3.05, 3.63) is 29.3 Å². The molecular formula is C19H28ClN3O3S. The van der Waals surface area contributed by atoms with Crippen molar-refractivity contribution in [1.29, 1.82) is 0 Å². The number of amides is 1. The molecule has 1 amide bonds. The van der Waals surface area contributed by atoms with Gasteiger partial charge in [-0.05, 0) is 42.5 Å². The van der Waals surface area contributed by atoms with E-state index < -0.39 is 10.0 Å². The van der Waals surface area contributed by atoms with Gasteiger partial charge in [0.15, 0.2) is 0 Å². The number of hydrogen-bond acceptors (Lipinski definition) is 4. The lowest BCUT2D eigenvalue weighted by Gasteiger charge is -2.38. The molecule has 2 fully saturated rings. The van der Waals surface area contributed by atoms with E-state index in [9.17, 15) is 13.2 Å². The van der Waals surface area contributed by atoms with Gasteiger partial charge in [0.2, 0.25) is 15.9 Å². The number of benzene rings is 1. The Morgan fingerprint density at radius 2 is 1.59 bits per heavy atom. The highest BCUT2D eigenvalue weighted by Crippen LogP contribution is 2.22. The third kappa shape index (κ3) is 5.02. The van der Waals surface area contributed by atoms with E-state index in [2.05, 4.69) is 18.7 Å². The van der Waals surface area contributed by atoms with Gasteiger partial charge < -0.3 is 4.90 Å². The summed E-state index contributed by atoms with van der Waals surface area (Å²) in [6.07, 6.45) is 1.21. The van der Waals surface area contributed by atoms with Gasteiger partial charge in [-0.25, -0.2) is 8.42 Å². The van der Waals surface area contributed by atoms with Crippen molar-refractivity contribution in [1.82, 2.24) is 14.1 Å². The van der Waals surface area contributed by atoms with Crippen molar-refractivity contribution in [2.45, 2.75) is 25.2 Å². The van der Waals surface area contributed by atoms with Crippen LogP contribution in [0.15, 0.2) is 29.2 Å². The van der Waals surface area contributed by atoms with Crippen molar-refractivity contribution in [2.75, 3.05) is 45.8 Å². The normalized spacial score (nSPS) is 25.5. The van der Waals surface area contributed by atoms with Crippen LogP contribution >= 0.6 is 11.6 Å². The Labute approximate surface area is 167 Å². The van der Waals surface area contributed by atoms with E-state index in [4.69, 9.17) is 11.6 Å². The number of rotatable bonds is 4. The van der Waals surface area contributed by atoms with E-state index >= 15 is 0 Å². The predicted octanol–water partition coefficient (Wildman–Crippen LogP) is 2.15. The Hall–Kier alpha value is -1.15. The quantitative estimate of drug-likeness (QED) is 0.758. The van der Waals surface area contributed by atoms with Crippen LogP contribution in [-0.4, -0.2) is 74.2 Å². The molecule has 3 rings (SSSR count). The average Bonchev–Trinajstić information content (AvgIpc) is 2.61. The molecule has 0 saturated carbocycles. The maximum Gasteiger partial charge on any atom is 0.243 e. The highest BCUT2D eigenvalue weighted by molar-refractivity contribution is 7.89. The van der Waals surface area contributed by atoms with Crippen LogP contribution in [0.2, 0.25) is 5.02 Å². The van der Waals surface area contributed by atoms with Crippen LogP contribution < -0.4 is 0 Å². The van der Waals surface area contributed by atoms with Gasteiger partial charge in [0.05, 0.1) is 11.4 Å². The Morgan fingerprint density at radius 3 is 2.15 bits per heavy atom. The summed E-state index contributed by atoms with van der Waals surface area (Å²) in [4.78, 5) is 16.9. The number of hydrogen-bond donors (Lipinski definition) is 0. The van der Waals surface area contributed by atoms with Gasteiger partial charge in [-0.2, -0.15) is 4.31 Å². The molecule has 2 saturated heterocycles. The molecule has 0 aromatic heterocycles. The Balaban J connectivity index is 1.55. The summed E-state index contributed by atoms with van der Waals surface area (Å²) in [5.74, 6) is 1.32. The van der Waals surface area contributed by atoms with Crippen molar-refractivity contribution >= 4 is 27.5 Å². The zero-order valence-electron chi connectivity index (χ0n) is 16.0. The van der Waals surface area contributed by atoms with Gasteiger partial charge in [0.25, 0.3) is 0 Å². The topological polar surface area (TPSA) is 60.9 Å². The summed E-state index contributed by atoms with van der Waals surface area (Å²) in [7, 11) is -3.54. The fourth-order valence-electron chi connectivity index (χ4n) is 4.15. The molecule has 8 heteroatoms. The summed E-state index contributed by atoms with van der Waals surface area (Å²) in [6, 6.07) is 6.20. The molecule has 27 heavy (non-hydrogen) atoms. The van der Waals surface area contributed by atoms with Crippen LogP contribution in [0.1, 0.15) is 20.3 Å². The summed E-state index contributed by atoms with van der Waals surface area (Å²) < 4.78 is 26.9. The van der Waals surface area contributed by atoms with Gasteiger partial charge >= 0.3 is 0 Å². The fourth-order valence-corrected chi connectivity index (χ4v) is 5.69. The van der Waals surface area contributed by atoms with Crippen LogP contribution in [0, 0.1) is 11.8 Å². The van der Waals surface area contributed by atoms with E-state index in [1.807, 2.05) is 0 Å². The molecule has 0 N–H and O–H groups in total. The number of carbonyl (C=O) groups excluding carboxylic acids is 1. The zero-order valence-corrected chi connectivity index (χ0v) is 17.5. The van der Waals surface area contributed by atoms with Crippen LogP contribution in [0.5, 0.6) is 0 Å². The summed E-state index contributed by atoms with van der Waals surface area (Å²) in [5.41, 5.74) is 0. The second-order valence-corrected chi connectivity index (χ2v) is 10.3. The van der Waals surface area contributed by atoms with Gasteiger partial charge in [-0.1, -0.05) is 25.4 Å². The number of likely N-dealkylation sites (tertiary alicyclic amines) is 1. The van der Waals surface area contributed by atoms with Crippen LogP contribution in [0.25, 0.3) is 0 Å². The third-order valence-corrected chi connectivity index (χ3v) is 7.51. The Kier molecular flexibility index (Phi) is 6.46. The van der Waals surface area contributed by atoms with E-state index in [0.29, 0.717) is 49.6 Å². The largest absolute Gasteiger partial charge is 0.339 e. The Morgan fingerprint density at radius 1 is 1.04 bits per heavy atom. The molecule has 6 nitrogen and oxygen atoms in total. The summed E-state index contributed by atoms with van der Waals surface area (Å²) >= 11 is 5.84. The molecule has 0 bridgehead atoms. The van der Waals surface area contributed by atoms with Crippen molar-refractivity contribution in [2.24, 2.45) is 11.8 Å². The van der Waals surface area contributed by atoms with Gasteiger partial charge in [0.1, 0.15) is 0 Å². The first-order valence-corrected chi connectivity index (χ1v) is 11.3. The van der Waals surface area contributed by atoms with Crippen LogP contribution in [-0.2, 0) is 14.8 Å². The average molecular weight is 414 g/mol. The first-order valence-electron chi connectivity index (χ1n) is 9.51. The molecule has 0 radical (unpaired) electrons. The van der Waals surface area contributed by atoms with E-state index in [0.717, 1.165) is 13.1 Å². The number of piperazine rings is 1. The number of piperidine rings is 1. The molecule has 1 aromatic rings. The standard InChI is InChI=1S/C19H28ClN3O3S/c1-15-11-16(2)13-21(12-15)14-19(24)22-7-9-23(10-8-22)27(25,26)18-5-3-17(20)4-6-18/h3-6,15-16H,7-14H2,1-2H3/t15-,16-/m1/s1. The molecule has 0 unspecified atom stereocenters. The summed E-state index contributed by atoms with van der Waals surface area (Å²) in [6.45, 7) is 8.32. The highest BCUT2D eigenvalue weighted by atomic mass is 35.5. The smallest absolute Gasteiger partial charge is 0.243 e. The van der Waals surface area contributed by atoms with Gasteiger partial charge in [-0.3, -0.25) is 9.69 Å². The number of halogens is 1. The van der Waals surface area contributed by atoms with Crippen LogP contribution in [0.3, 0.4) is 0 Å². The van der Waals surface area contributed by atoms with E-state index in [1.54, 1.807) is 17.0 Å². The van der Waals surface area contributed by atoms with Gasteiger partial charge in [0, 0.05) is 44.3 Å². The van der Waals surface area contributed by atoms with E-state index in [1.165, 1.54) is 22.9 Å². The minimum atomic E-state index is -3.54. The van der Waals surface area contributed by atoms with Crippen molar-refractivity contribution in [3.8, 4) is 0 Å². The summed E-state index contributed by atoms with van der Waals surface area (Å²) in [5, 5.41) is 0.505. The minimum absolute atomic E-state index is 0.0971. The van der Waals surface area contributed by atoms with Crippen molar-refractivity contribution < 1.29 is 13.2 Å². The second kappa shape index (κ2) is 8.47. The second-order valence-electron chi connectivity index (χ2n) is 7.88. The molecule has 2 heterocycles. The number of carbonyl (C=O) groups is 1. The Bertz CT molecular complexity index is 751. The molecule has 2 aliphatic heterocycles. The molecule has 150 valence electrons. The molecule has 1 aromatic carbocycles. The molecule has 0 aliphatic carbocycles. The van der Waals surface area contributed by atoms with E-state index in [-0.39, 0.29) is 10.8 Å². The first-order chi connectivity index (χ1) is 12.8. The molecular weight excluding hydrogens is 386 g/mol. The van der Waals surface area contributed by atoms with Crippen LogP contribution in [0.4, 0.5) is 0 Å². The highest BCUT2D eigenvalue weighted by Gasteiger charge is 2.31. The molecule has 2 atom stereocenters. The van der Waals surface area contributed by atoms with Gasteiger partial charge in [-0.15, -0.1) is 0 Å².